The molecule has 5 heteroatoms. The second-order valence-electron chi connectivity index (χ2n) is 8.60. The van der Waals surface area contributed by atoms with Gasteiger partial charge in [0, 0.05) is 38.6 Å². The Bertz CT molecular complexity index is 1410. The zero-order valence-electron chi connectivity index (χ0n) is 17.6. The first kappa shape index (κ1) is 19.0. The molecule has 2 aliphatic rings. The predicted molar refractivity (Wildman–Crippen MR) is 126 cm³/mol. The van der Waals surface area contributed by atoms with E-state index in [9.17, 15) is 9.59 Å². The zero-order chi connectivity index (χ0) is 22.0. The lowest BCUT2D eigenvalue weighted by Gasteiger charge is -2.38. The van der Waals surface area contributed by atoms with E-state index in [1.807, 2.05) is 48.5 Å². The van der Waals surface area contributed by atoms with Gasteiger partial charge in [0.05, 0.1) is 11.3 Å². The lowest BCUT2D eigenvalue weighted by molar-refractivity contribution is 0.0990. The molecule has 3 heterocycles. The number of benzene rings is 2. The Morgan fingerprint density at radius 3 is 2.25 bits per heavy atom. The molecule has 1 aliphatic carbocycles. The molecule has 0 radical (unpaired) electrons. The van der Waals surface area contributed by atoms with E-state index < -0.39 is 0 Å². The Hall–Kier alpha value is -3.70. The van der Waals surface area contributed by atoms with Crippen LogP contribution in [0.25, 0.3) is 6.08 Å². The number of allylic oxidation sites excluding steroid dienone is 1. The highest BCUT2D eigenvalue weighted by molar-refractivity contribution is 7.08. The fourth-order valence-electron chi connectivity index (χ4n) is 4.69. The Morgan fingerprint density at radius 2 is 1.53 bits per heavy atom. The number of ketones is 2. The average molecular weight is 438 g/mol. The maximum atomic E-state index is 12.8. The van der Waals surface area contributed by atoms with Gasteiger partial charge in [-0.2, -0.15) is 11.3 Å². The van der Waals surface area contributed by atoms with E-state index in [1.165, 1.54) is 16.9 Å². The van der Waals surface area contributed by atoms with Crippen molar-refractivity contribution >= 4 is 46.2 Å². The smallest absolute Gasteiger partial charge is 0.209 e. The Balaban J connectivity index is 1.54. The first-order valence-corrected chi connectivity index (χ1v) is 11.4. The van der Waals surface area contributed by atoms with Crippen LogP contribution < -0.4 is 4.90 Å². The van der Waals surface area contributed by atoms with E-state index in [2.05, 4.69) is 30.9 Å². The molecule has 6 rings (SSSR count). The van der Waals surface area contributed by atoms with Crippen LogP contribution in [0.4, 0.5) is 17.3 Å². The van der Waals surface area contributed by atoms with E-state index >= 15 is 0 Å². The van der Waals surface area contributed by atoms with Crippen molar-refractivity contribution in [3.63, 3.8) is 0 Å². The highest BCUT2D eigenvalue weighted by Gasteiger charge is 2.40. The Kier molecular flexibility index (Phi) is 3.95. The molecular formula is C27H19NO3S. The molecule has 0 bridgehead atoms. The van der Waals surface area contributed by atoms with E-state index in [0.717, 1.165) is 16.9 Å². The fourth-order valence-corrected chi connectivity index (χ4v) is 5.49. The maximum absolute atomic E-state index is 12.8. The van der Waals surface area contributed by atoms with Crippen LogP contribution in [-0.4, -0.2) is 11.6 Å². The summed E-state index contributed by atoms with van der Waals surface area (Å²) in [5, 5.41) is 3.47. The minimum atomic E-state index is -0.306. The molecule has 0 amide bonds. The fraction of sp³-hybridized carbons (Fsp3) is 0.111. The molecule has 0 atom stereocenters. The van der Waals surface area contributed by atoms with Gasteiger partial charge in [0.25, 0.3) is 0 Å². The molecule has 4 aromatic rings. The lowest BCUT2D eigenvalue weighted by atomic mass is 9.75. The summed E-state index contributed by atoms with van der Waals surface area (Å²) in [6, 6.07) is 20.3. The summed E-state index contributed by atoms with van der Waals surface area (Å²) in [6.45, 7) is 4.34. The minimum Gasteiger partial charge on any atom is -0.440 e. The third-order valence-corrected chi connectivity index (χ3v) is 7.11. The van der Waals surface area contributed by atoms with Crippen molar-refractivity contribution in [2.45, 2.75) is 19.3 Å². The SMILES string of the molecule is CC1(C)c2ccccc2N(c2ccccc2)c2oc(C=C3C(=O)c4cscc4C3=O)cc21. The molecule has 0 unspecified atom stereocenters. The van der Waals surface area contributed by atoms with Crippen LogP contribution in [0.3, 0.4) is 0 Å². The number of fused-ring (bicyclic) bond motifs is 3. The molecule has 1 aliphatic heterocycles. The molecular weight excluding hydrogens is 418 g/mol. The highest BCUT2D eigenvalue weighted by atomic mass is 32.1. The van der Waals surface area contributed by atoms with Gasteiger partial charge in [-0.05, 0) is 35.9 Å². The van der Waals surface area contributed by atoms with Gasteiger partial charge in [-0.15, -0.1) is 0 Å². The van der Waals surface area contributed by atoms with Crippen LogP contribution in [0, 0.1) is 0 Å². The van der Waals surface area contributed by atoms with Gasteiger partial charge < -0.3 is 4.42 Å². The Morgan fingerprint density at radius 1 is 0.875 bits per heavy atom. The van der Waals surface area contributed by atoms with Crippen LogP contribution in [0.2, 0.25) is 0 Å². The number of Topliss-reactive ketones (excluding diaryl/α,β-unsaturated/α-hetero) is 2. The number of furan rings is 1. The molecule has 156 valence electrons. The summed E-state index contributed by atoms with van der Waals surface area (Å²) >= 11 is 1.37. The second-order valence-corrected chi connectivity index (χ2v) is 9.34. The van der Waals surface area contributed by atoms with E-state index in [1.54, 1.807) is 16.8 Å². The van der Waals surface area contributed by atoms with Crippen molar-refractivity contribution in [1.29, 1.82) is 0 Å². The Labute approximate surface area is 189 Å². The van der Waals surface area contributed by atoms with Gasteiger partial charge >= 0.3 is 0 Å². The number of carbonyl (C=O) groups excluding carboxylic acids is 2. The topological polar surface area (TPSA) is 50.5 Å². The molecule has 0 spiro atoms. The summed E-state index contributed by atoms with van der Waals surface area (Å²) in [7, 11) is 0. The first-order valence-electron chi connectivity index (χ1n) is 10.4. The quantitative estimate of drug-likeness (QED) is 0.252. The number of hydrogen-bond acceptors (Lipinski definition) is 5. The standard InChI is InChI=1S/C27H19NO3S/c1-27(2)21-10-6-7-11-23(21)28(16-8-4-3-5-9-16)26-22(27)13-17(31-26)12-18-24(29)19-14-32-15-20(19)25(18)30/h3-15H,1-2H3. The van der Waals surface area contributed by atoms with Crippen LogP contribution in [0.5, 0.6) is 0 Å². The normalized spacial score (nSPS) is 16.1. The number of nitrogens with zero attached hydrogens (tertiary/aromatic N) is 1. The maximum Gasteiger partial charge on any atom is 0.209 e. The summed E-state index contributed by atoms with van der Waals surface area (Å²) in [6.07, 6.45) is 1.59. The minimum absolute atomic E-state index is 0.162. The van der Waals surface area contributed by atoms with Crippen molar-refractivity contribution in [2.24, 2.45) is 0 Å². The number of para-hydroxylation sites is 2. The van der Waals surface area contributed by atoms with Gasteiger partial charge in [0.15, 0.2) is 11.6 Å². The molecule has 2 aromatic heterocycles. The monoisotopic (exact) mass is 437 g/mol. The molecule has 0 saturated heterocycles. The molecule has 0 N–H and O–H groups in total. The highest BCUT2D eigenvalue weighted by Crippen LogP contribution is 2.53. The van der Waals surface area contributed by atoms with E-state index in [4.69, 9.17) is 4.42 Å². The summed E-state index contributed by atoms with van der Waals surface area (Å²) in [4.78, 5) is 27.6. The van der Waals surface area contributed by atoms with Gasteiger partial charge in [-0.1, -0.05) is 50.2 Å². The van der Waals surface area contributed by atoms with Crippen molar-refractivity contribution in [3.8, 4) is 0 Å². The van der Waals surface area contributed by atoms with E-state index in [0.29, 0.717) is 22.8 Å². The number of hydrogen-bond donors (Lipinski definition) is 0. The number of rotatable bonds is 2. The van der Waals surface area contributed by atoms with Crippen molar-refractivity contribution in [1.82, 2.24) is 0 Å². The predicted octanol–water partition coefficient (Wildman–Crippen LogP) is 6.91. The van der Waals surface area contributed by atoms with Gasteiger partial charge in [0.1, 0.15) is 5.76 Å². The third kappa shape index (κ3) is 2.55. The van der Waals surface area contributed by atoms with Crippen molar-refractivity contribution in [3.05, 3.63) is 105 Å². The van der Waals surface area contributed by atoms with Crippen LogP contribution in [0.15, 0.2) is 81.4 Å². The summed E-state index contributed by atoms with van der Waals surface area (Å²) < 4.78 is 6.35. The number of carbonyl (C=O) groups is 2. The molecule has 0 saturated carbocycles. The van der Waals surface area contributed by atoms with Crippen molar-refractivity contribution in [2.75, 3.05) is 4.90 Å². The van der Waals surface area contributed by atoms with Gasteiger partial charge in [0.2, 0.25) is 5.88 Å². The van der Waals surface area contributed by atoms with Gasteiger partial charge in [-0.25, -0.2) is 0 Å². The van der Waals surface area contributed by atoms with Gasteiger partial charge in [-0.3, -0.25) is 14.5 Å². The van der Waals surface area contributed by atoms with E-state index in [-0.39, 0.29) is 22.6 Å². The first-order chi connectivity index (χ1) is 15.5. The molecule has 32 heavy (non-hydrogen) atoms. The second kappa shape index (κ2) is 6.65. The molecule has 2 aromatic carbocycles. The largest absolute Gasteiger partial charge is 0.440 e. The molecule has 0 fully saturated rings. The van der Waals surface area contributed by atoms with Crippen molar-refractivity contribution < 1.29 is 14.0 Å². The van der Waals surface area contributed by atoms with Crippen LogP contribution in [-0.2, 0) is 5.41 Å². The van der Waals surface area contributed by atoms with Crippen LogP contribution in [0.1, 0.15) is 51.5 Å². The molecule has 4 nitrogen and oxygen atoms in total. The summed E-state index contributed by atoms with van der Waals surface area (Å²) in [5.74, 6) is 0.743. The number of anilines is 3. The average Bonchev–Trinajstić information content (AvgIpc) is 3.50. The third-order valence-electron chi connectivity index (χ3n) is 6.37. The zero-order valence-corrected chi connectivity index (χ0v) is 18.4. The number of thiophene rings is 1. The van der Waals surface area contributed by atoms with Crippen LogP contribution >= 0.6 is 11.3 Å². The summed E-state index contributed by atoms with van der Waals surface area (Å²) in [5.41, 5.74) is 5.07. The lowest BCUT2D eigenvalue weighted by Crippen LogP contribution is -2.29.